The van der Waals surface area contributed by atoms with Gasteiger partial charge in [-0.1, -0.05) is 214 Å². The first-order valence-corrected chi connectivity index (χ1v) is 39.0. The van der Waals surface area contributed by atoms with Gasteiger partial charge in [-0.05, 0) is 38.5 Å². The summed E-state index contributed by atoms with van der Waals surface area (Å²) in [6, 6.07) is 1.92. The summed E-state index contributed by atoms with van der Waals surface area (Å²) in [6.07, 6.45) is 51.2. The van der Waals surface area contributed by atoms with Gasteiger partial charge in [0.2, 0.25) is 0 Å². The molecule has 0 aromatic heterocycles. The Labute approximate surface area is 519 Å². The lowest BCUT2D eigenvalue weighted by Crippen LogP contribution is -3.00. The van der Waals surface area contributed by atoms with Crippen LogP contribution in [0.25, 0.3) is 0 Å². The van der Waals surface area contributed by atoms with Crippen molar-refractivity contribution >= 4 is 17.6 Å². The number of aliphatic hydroxyl groups excluding tert-OH is 1. The number of rotatable bonds is 48. The molecule has 6 fully saturated rings. The average molecular weight is 1230 g/mol. The maximum absolute atomic E-state index is 10.3. The third-order valence-corrected chi connectivity index (χ3v) is 24.9. The Balaban J connectivity index is 0.000000791. The van der Waals surface area contributed by atoms with Crippen LogP contribution in [0.4, 0.5) is 0 Å². The second-order valence-corrected chi connectivity index (χ2v) is 32.8. The van der Waals surface area contributed by atoms with Crippen molar-refractivity contribution in [3.63, 3.8) is 0 Å². The molecule has 0 amide bonds. The van der Waals surface area contributed by atoms with Crippen molar-refractivity contribution in [2.75, 3.05) is 146 Å². The third kappa shape index (κ3) is 37.9. The molecule has 0 spiro atoms. The van der Waals surface area contributed by atoms with Crippen molar-refractivity contribution < 1.29 is 74.4 Å². The standard InChI is InChI=1S/C33H70N2O4Si.C33H70N2O3Si.2ClH/c1-5-7-8-9-10-11-12-13-14-15-16-17-18-19-20-21-23-34(3,4)24-22-31-40-37-28-25-35(26-29-38-40,27-30-39-40)32-33(36)6-2;1-5-7-9-10-11-12-13-14-15-16-17-18-19-20-21-22-24-34(3,4)25-23-33-39-36-30-27-35(26-8-6-2,28-31-37-39)29-32-38-39;;/h33,36H,5-32H2,1-4H3;5-33H2,1-4H3;2*1H/q2*+2;;/p-2. The van der Waals surface area contributed by atoms with Gasteiger partial charge in [-0.3, -0.25) is 0 Å². The summed E-state index contributed by atoms with van der Waals surface area (Å²) in [5.41, 5.74) is 0. The molecule has 6 saturated heterocycles. The van der Waals surface area contributed by atoms with Gasteiger partial charge in [0.25, 0.3) is 0 Å². The molecule has 15 heteroatoms. The zero-order valence-corrected chi connectivity index (χ0v) is 58.8. The lowest BCUT2D eigenvalue weighted by molar-refractivity contribution is -0.933. The summed E-state index contributed by atoms with van der Waals surface area (Å²) < 4.78 is 42.6. The van der Waals surface area contributed by atoms with Crippen LogP contribution in [0, 0.1) is 0 Å². The second-order valence-electron chi connectivity index (χ2n) is 27.4. The fourth-order valence-electron chi connectivity index (χ4n) is 13.2. The largest absolute Gasteiger partial charge is 1.00 e. The summed E-state index contributed by atoms with van der Waals surface area (Å²) in [6.45, 7) is 26.7. The molecule has 6 rings (SSSR count). The van der Waals surface area contributed by atoms with Gasteiger partial charge >= 0.3 is 17.6 Å². The number of nitrogens with zero attached hydrogens (tertiary/aromatic N) is 4. The van der Waals surface area contributed by atoms with E-state index in [1.54, 1.807) is 0 Å². The van der Waals surface area contributed by atoms with Crippen molar-refractivity contribution in [1.82, 2.24) is 0 Å². The Bertz CT molecular complexity index is 1370. The van der Waals surface area contributed by atoms with Crippen LogP contribution in [0.5, 0.6) is 0 Å². The fourth-order valence-corrected chi connectivity index (χ4v) is 18.2. The molecule has 1 unspecified atom stereocenters. The first-order valence-electron chi connectivity index (χ1n) is 35.2. The van der Waals surface area contributed by atoms with Crippen molar-refractivity contribution in [3.05, 3.63) is 0 Å². The number of halogens is 2. The van der Waals surface area contributed by atoms with Gasteiger partial charge in [-0.15, -0.1) is 0 Å². The summed E-state index contributed by atoms with van der Waals surface area (Å²) in [5, 5.41) is 10.3. The predicted molar refractivity (Wildman–Crippen MR) is 340 cm³/mol. The van der Waals surface area contributed by atoms with E-state index in [0.29, 0.717) is 19.8 Å². The van der Waals surface area contributed by atoms with Crippen LogP contribution >= 0.6 is 0 Å². The van der Waals surface area contributed by atoms with Crippen LogP contribution in [0.15, 0.2) is 0 Å². The van der Waals surface area contributed by atoms with Gasteiger partial charge < -0.3 is 74.4 Å². The Morgan fingerprint density at radius 3 is 0.827 bits per heavy atom. The van der Waals surface area contributed by atoms with Gasteiger partial charge in [-0.2, -0.15) is 0 Å². The molecule has 81 heavy (non-hydrogen) atoms. The summed E-state index contributed by atoms with van der Waals surface area (Å²) >= 11 is 0. The molecule has 6 heterocycles. The van der Waals surface area contributed by atoms with Gasteiger partial charge in [0.1, 0.15) is 51.9 Å². The number of aliphatic hydroxyl groups is 1. The minimum Gasteiger partial charge on any atom is -1.00 e. The monoisotopic (exact) mass is 1230 g/mol. The molecule has 0 aliphatic carbocycles. The number of hydrogen-bond donors (Lipinski definition) is 1. The number of hydrogen-bond acceptors (Lipinski definition) is 7. The molecule has 6 aliphatic rings. The highest BCUT2D eigenvalue weighted by molar-refractivity contribution is 6.61. The quantitative estimate of drug-likeness (QED) is 0.0370. The van der Waals surface area contributed by atoms with E-state index in [0.717, 1.165) is 121 Å². The van der Waals surface area contributed by atoms with Gasteiger partial charge in [0.15, 0.2) is 0 Å². The van der Waals surface area contributed by atoms with E-state index in [-0.39, 0.29) is 30.9 Å². The van der Waals surface area contributed by atoms with E-state index in [1.165, 1.54) is 244 Å². The van der Waals surface area contributed by atoms with Crippen LogP contribution < -0.4 is 24.8 Å². The third-order valence-electron chi connectivity index (χ3n) is 19.1. The lowest BCUT2D eigenvalue weighted by atomic mass is 10.0. The minimum absolute atomic E-state index is 0. The highest BCUT2D eigenvalue weighted by Crippen LogP contribution is 2.29. The van der Waals surface area contributed by atoms with E-state index in [4.69, 9.17) is 26.6 Å². The van der Waals surface area contributed by atoms with Crippen LogP contribution in [-0.2, 0) is 26.6 Å². The molecule has 486 valence electrons. The second kappa shape index (κ2) is 48.5. The highest BCUT2D eigenvalue weighted by atomic mass is 35.5. The molecular weight excluding hydrogens is 1090 g/mol. The van der Waals surface area contributed by atoms with Gasteiger partial charge in [0.05, 0.1) is 101 Å². The zero-order chi connectivity index (χ0) is 57.1. The molecule has 0 saturated carbocycles. The van der Waals surface area contributed by atoms with Crippen LogP contribution in [0.1, 0.15) is 265 Å². The summed E-state index contributed by atoms with van der Waals surface area (Å²) in [5.74, 6) is 0. The molecule has 0 aromatic carbocycles. The maximum Gasteiger partial charge on any atom is 0.501 e. The van der Waals surface area contributed by atoms with E-state index < -0.39 is 17.6 Å². The maximum atomic E-state index is 10.3. The zero-order valence-electron chi connectivity index (χ0n) is 55.3. The Morgan fingerprint density at radius 2 is 0.568 bits per heavy atom. The SMILES string of the molecule is CCCCCCCCCCCCCCCCCC[N+](C)(C)CCC[Si]12OCC[N+](CC(O)CC)(CCO1)CCO2.CCCCCCCCCCCCCCCCCC[N+](C)(C)CCC[Si]12OCC[N+](CCCC)(CCO1)CCO2.[Cl-].[Cl-]. The van der Waals surface area contributed by atoms with Crippen LogP contribution in [0.2, 0.25) is 12.1 Å². The van der Waals surface area contributed by atoms with Crippen molar-refractivity contribution in [1.29, 1.82) is 0 Å². The number of quaternary nitrogens is 4. The van der Waals surface area contributed by atoms with E-state index in [2.05, 4.69) is 55.9 Å². The molecule has 1 N–H and O–H groups in total. The topological polar surface area (TPSA) is 75.6 Å². The molecule has 0 aromatic rings. The molecule has 6 aliphatic heterocycles. The van der Waals surface area contributed by atoms with Crippen molar-refractivity contribution in [3.8, 4) is 0 Å². The number of unbranched alkanes of at least 4 members (excludes halogenated alkanes) is 31. The molecule has 1 atom stereocenters. The van der Waals surface area contributed by atoms with Crippen LogP contribution in [0.3, 0.4) is 0 Å². The fraction of sp³-hybridized carbons (Fsp3) is 1.00. The molecular formula is C66H140Cl2N4O7Si2+2. The summed E-state index contributed by atoms with van der Waals surface area (Å²) in [4.78, 5) is 0. The Kier molecular flexibility index (Phi) is 47.6. The normalized spacial score (nSPS) is 23.7. The first kappa shape index (κ1) is 79.6. The van der Waals surface area contributed by atoms with Crippen molar-refractivity contribution in [2.45, 2.75) is 283 Å². The minimum atomic E-state index is -2.57. The van der Waals surface area contributed by atoms with Crippen molar-refractivity contribution in [2.24, 2.45) is 0 Å². The highest BCUT2D eigenvalue weighted by Gasteiger charge is 2.49. The molecule has 4 bridgehead atoms. The lowest BCUT2D eigenvalue weighted by Gasteiger charge is -2.46. The van der Waals surface area contributed by atoms with Crippen LogP contribution in [-0.4, -0.2) is 193 Å². The Hall–Kier alpha value is 0.574. The van der Waals surface area contributed by atoms with E-state index >= 15 is 0 Å². The van der Waals surface area contributed by atoms with Gasteiger partial charge in [-0.25, -0.2) is 0 Å². The summed E-state index contributed by atoms with van der Waals surface area (Å²) in [7, 11) is 4.52. The van der Waals surface area contributed by atoms with E-state index in [1.807, 2.05) is 0 Å². The van der Waals surface area contributed by atoms with Gasteiger partial charge in [0, 0.05) is 24.9 Å². The average Bonchev–Trinajstić information content (AvgIpc) is 3.40. The molecule has 0 radical (unpaired) electrons. The number of fused-ring (bicyclic) bond motifs is 12. The Morgan fingerprint density at radius 1 is 0.333 bits per heavy atom. The molecule has 11 nitrogen and oxygen atoms in total. The van der Waals surface area contributed by atoms with E-state index in [9.17, 15) is 5.11 Å². The predicted octanol–water partition coefficient (Wildman–Crippen LogP) is 9.67. The first-order chi connectivity index (χ1) is 38.3. The smallest absolute Gasteiger partial charge is 0.501 e.